The molecule has 3 nitrogen and oxygen atoms in total. The molecule has 1 aromatic heterocycles. The van der Waals surface area contributed by atoms with Crippen LogP contribution in [0.5, 0.6) is 0 Å². The van der Waals surface area contributed by atoms with Gasteiger partial charge in [-0.25, -0.2) is 4.39 Å². The van der Waals surface area contributed by atoms with E-state index in [1.165, 1.54) is 41.8 Å². The minimum atomic E-state index is -0.330. The Morgan fingerprint density at radius 3 is 2.86 bits per heavy atom. The number of carbonyl (C=O) groups excluding carboxylic acids is 1. The van der Waals surface area contributed by atoms with E-state index in [1.807, 2.05) is 6.08 Å². The molecule has 2 aliphatic rings. The van der Waals surface area contributed by atoms with Crippen LogP contribution in [-0.4, -0.2) is 10.9 Å². The van der Waals surface area contributed by atoms with Gasteiger partial charge in [0.15, 0.2) is 0 Å². The fourth-order valence-corrected chi connectivity index (χ4v) is 3.47. The molecule has 1 aliphatic carbocycles. The first kappa shape index (κ1) is 13.3. The van der Waals surface area contributed by atoms with Crippen LogP contribution in [0.2, 0.25) is 0 Å². The average molecular weight is 296 g/mol. The van der Waals surface area contributed by atoms with Crippen molar-refractivity contribution >= 4 is 23.2 Å². The van der Waals surface area contributed by atoms with Crippen LogP contribution >= 0.6 is 0 Å². The number of fused-ring (bicyclic) bond motifs is 2. The van der Waals surface area contributed by atoms with E-state index in [2.05, 4.69) is 17.2 Å². The molecule has 0 spiro atoms. The van der Waals surface area contributed by atoms with Crippen LogP contribution in [0, 0.1) is 12.7 Å². The van der Waals surface area contributed by atoms with E-state index in [9.17, 15) is 9.18 Å². The van der Waals surface area contributed by atoms with Crippen molar-refractivity contribution in [1.29, 1.82) is 0 Å². The zero-order valence-corrected chi connectivity index (χ0v) is 12.4. The summed E-state index contributed by atoms with van der Waals surface area (Å²) >= 11 is 0. The number of amides is 1. The van der Waals surface area contributed by atoms with Crippen molar-refractivity contribution in [2.24, 2.45) is 0 Å². The lowest BCUT2D eigenvalue weighted by Gasteiger charge is -2.10. The van der Waals surface area contributed by atoms with Gasteiger partial charge in [-0.15, -0.1) is 0 Å². The van der Waals surface area contributed by atoms with Crippen LogP contribution in [0.15, 0.2) is 18.2 Å². The number of carbonyl (C=O) groups is 1. The van der Waals surface area contributed by atoms with Gasteiger partial charge in [0, 0.05) is 22.6 Å². The normalized spacial score (nSPS) is 18.3. The third-order valence-electron chi connectivity index (χ3n) is 4.66. The Bertz CT molecular complexity index is 817. The zero-order chi connectivity index (χ0) is 15.3. The highest BCUT2D eigenvalue weighted by molar-refractivity contribution is 6.34. The van der Waals surface area contributed by atoms with Crippen molar-refractivity contribution in [2.45, 2.75) is 32.6 Å². The van der Waals surface area contributed by atoms with E-state index >= 15 is 0 Å². The Kier molecular flexibility index (Phi) is 2.93. The summed E-state index contributed by atoms with van der Waals surface area (Å²) in [7, 11) is 0. The lowest BCUT2D eigenvalue weighted by Crippen LogP contribution is -2.03. The molecule has 4 rings (SSSR count). The lowest BCUT2D eigenvalue weighted by molar-refractivity contribution is -0.110. The van der Waals surface area contributed by atoms with Gasteiger partial charge >= 0.3 is 0 Å². The number of halogens is 1. The molecule has 22 heavy (non-hydrogen) atoms. The number of aryl methyl sites for hydroxylation is 1. The highest BCUT2D eigenvalue weighted by Gasteiger charge is 2.25. The van der Waals surface area contributed by atoms with Crippen molar-refractivity contribution in [1.82, 2.24) is 4.98 Å². The van der Waals surface area contributed by atoms with Crippen molar-refractivity contribution in [3.63, 3.8) is 0 Å². The molecular formula is C18H17FN2O. The fourth-order valence-electron chi connectivity index (χ4n) is 3.47. The zero-order valence-electron chi connectivity index (χ0n) is 12.4. The summed E-state index contributed by atoms with van der Waals surface area (Å²) in [6.45, 7) is 2.09. The lowest BCUT2D eigenvalue weighted by atomic mass is 9.95. The van der Waals surface area contributed by atoms with Crippen molar-refractivity contribution in [3.8, 4) is 0 Å². The maximum Gasteiger partial charge on any atom is 0.256 e. The third kappa shape index (κ3) is 1.98. The molecule has 0 bridgehead atoms. The van der Waals surface area contributed by atoms with Crippen LogP contribution in [0.4, 0.5) is 10.1 Å². The number of nitrogens with one attached hydrogen (secondary N) is 2. The summed E-state index contributed by atoms with van der Waals surface area (Å²) in [5.74, 6) is -0.503. The predicted molar refractivity (Wildman–Crippen MR) is 85.1 cm³/mol. The molecular weight excluding hydrogens is 279 g/mol. The van der Waals surface area contributed by atoms with E-state index in [0.29, 0.717) is 16.8 Å². The maximum absolute atomic E-state index is 13.5. The Balaban J connectivity index is 1.83. The smallest absolute Gasteiger partial charge is 0.256 e. The molecule has 2 heterocycles. The maximum atomic E-state index is 13.5. The van der Waals surface area contributed by atoms with E-state index in [4.69, 9.17) is 0 Å². The number of aromatic nitrogens is 1. The minimum absolute atomic E-state index is 0.174. The van der Waals surface area contributed by atoms with Gasteiger partial charge < -0.3 is 10.3 Å². The van der Waals surface area contributed by atoms with E-state index in [-0.39, 0.29) is 11.7 Å². The molecule has 0 radical (unpaired) electrons. The van der Waals surface area contributed by atoms with Crippen LogP contribution in [0.3, 0.4) is 0 Å². The van der Waals surface area contributed by atoms with E-state index in [0.717, 1.165) is 18.5 Å². The predicted octanol–water partition coefficient (Wildman–Crippen LogP) is 3.83. The van der Waals surface area contributed by atoms with Gasteiger partial charge in [-0.2, -0.15) is 0 Å². The average Bonchev–Trinajstić information content (AvgIpc) is 2.99. The quantitative estimate of drug-likeness (QED) is 0.772. The van der Waals surface area contributed by atoms with E-state index in [1.54, 1.807) is 6.07 Å². The number of hydrogen-bond donors (Lipinski definition) is 2. The van der Waals surface area contributed by atoms with Gasteiger partial charge in [-0.1, -0.05) is 0 Å². The molecule has 0 unspecified atom stereocenters. The molecule has 4 heteroatoms. The van der Waals surface area contributed by atoms with Crippen molar-refractivity contribution < 1.29 is 9.18 Å². The van der Waals surface area contributed by atoms with Gasteiger partial charge in [0.25, 0.3) is 5.91 Å². The molecule has 0 atom stereocenters. The topological polar surface area (TPSA) is 44.9 Å². The molecule has 1 amide bonds. The van der Waals surface area contributed by atoms with Gasteiger partial charge in [0.2, 0.25) is 0 Å². The number of aromatic amines is 1. The summed E-state index contributed by atoms with van der Waals surface area (Å²) in [5, 5.41) is 2.79. The largest absolute Gasteiger partial charge is 0.358 e. The second-order valence-corrected chi connectivity index (χ2v) is 6.03. The van der Waals surface area contributed by atoms with Crippen LogP contribution < -0.4 is 5.32 Å². The molecule has 0 saturated carbocycles. The van der Waals surface area contributed by atoms with Gasteiger partial charge in [0.05, 0.1) is 5.57 Å². The number of rotatable bonds is 1. The summed E-state index contributed by atoms with van der Waals surface area (Å²) in [6.07, 6.45) is 6.44. The standard InChI is InChI=1S/C18H17FN2O/c1-10-12-4-2-3-5-15(12)20-17(10)9-14-13-8-11(19)6-7-16(13)21-18(14)22/h6-9,20H,2-5H2,1H3,(H,21,22)/b14-9-. The van der Waals surface area contributed by atoms with Gasteiger partial charge in [0.1, 0.15) is 5.82 Å². The first-order chi connectivity index (χ1) is 10.6. The minimum Gasteiger partial charge on any atom is -0.358 e. The summed E-state index contributed by atoms with van der Waals surface area (Å²) in [5.41, 5.74) is 6.68. The fraction of sp³-hybridized carbons (Fsp3) is 0.278. The van der Waals surface area contributed by atoms with Crippen LogP contribution in [0.1, 0.15) is 40.9 Å². The Labute approximate surface area is 128 Å². The third-order valence-corrected chi connectivity index (χ3v) is 4.66. The Hall–Kier alpha value is -2.36. The van der Waals surface area contributed by atoms with Gasteiger partial charge in [-0.05, 0) is 68.0 Å². The first-order valence-electron chi connectivity index (χ1n) is 7.67. The highest BCUT2D eigenvalue weighted by Crippen LogP contribution is 2.35. The molecule has 0 saturated heterocycles. The van der Waals surface area contributed by atoms with Crippen molar-refractivity contribution in [2.75, 3.05) is 5.32 Å². The second kappa shape index (κ2) is 4.83. The number of benzene rings is 1. The molecule has 0 fully saturated rings. The van der Waals surface area contributed by atoms with Gasteiger partial charge in [-0.3, -0.25) is 4.79 Å². The molecule has 2 N–H and O–H groups in total. The molecule has 1 aliphatic heterocycles. The molecule has 1 aromatic carbocycles. The summed E-state index contributed by atoms with van der Waals surface area (Å²) in [6, 6.07) is 4.38. The Morgan fingerprint density at radius 1 is 1.23 bits per heavy atom. The first-order valence-corrected chi connectivity index (χ1v) is 7.67. The number of hydrogen-bond acceptors (Lipinski definition) is 1. The molecule has 112 valence electrons. The van der Waals surface area contributed by atoms with E-state index < -0.39 is 0 Å². The monoisotopic (exact) mass is 296 g/mol. The Morgan fingerprint density at radius 2 is 2.05 bits per heavy atom. The van der Waals surface area contributed by atoms with Crippen LogP contribution in [0.25, 0.3) is 11.6 Å². The number of anilines is 1. The van der Waals surface area contributed by atoms with Crippen molar-refractivity contribution in [3.05, 3.63) is 52.1 Å². The SMILES string of the molecule is Cc1c(/C=C2\C(=O)Nc3ccc(F)cc32)[nH]c2c1CCCC2. The summed E-state index contributed by atoms with van der Waals surface area (Å²) < 4.78 is 13.5. The second-order valence-electron chi connectivity index (χ2n) is 6.03. The summed E-state index contributed by atoms with van der Waals surface area (Å²) in [4.78, 5) is 15.6. The number of H-pyrrole nitrogens is 1. The van der Waals surface area contributed by atoms with Crippen LogP contribution in [-0.2, 0) is 17.6 Å². The molecule has 2 aromatic rings. The highest BCUT2D eigenvalue weighted by atomic mass is 19.1.